The van der Waals surface area contributed by atoms with Crippen LogP contribution < -0.4 is 5.73 Å². The van der Waals surface area contributed by atoms with Crippen LogP contribution in [0, 0.1) is 10.8 Å². The third kappa shape index (κ3) is 2.05. The van der Waals surface area contributed by atoms with Gasteiger partial charge >= 0.3 is 0 Å². The minimum absolute atomic E-state index is 0.176. The predicted molar refractivity (Wildman–Crippen MR) is 30.2 cm³/mol. The van der Waals surface area contributed by atoms with Crippen LogP contribution in [0.15, 0.2) is 0 Å². The van der Waals surface area contributed by atoms with Gasteiger partial charge in [0.05, 0.1) is 11.4 Å². The molecule has 0 aromatic carbocycles. The number of rotatable bonds is 2. The van der Waals surface area contributed by atoms with Crippen molar-refractivity contribution in [3.05, 3.63) is 0 Å². The molecule has 0 aromatic rings. The van der Waals surface area contributed by atoms with Crippen LogP contribution in [-0.4, -0.2) is 18.0 Å². The second-order valence-electron chi connectivity index (χ2n) is 1.31. The Morgan fingerprint density at radius 3 is 2.00 bits per heavy atom. The molecular weight excluding hydrogens is 90.1 g/mol. The Morgan fingerprint density at radius 2 is 2.00 bits per heavy atom. The van der Waals surface area contributed by atoms with Gasteiger partial charge in [-0.3, -0.25) is 0 Å². The Morgan fingerprint density at radius 1 is 1.57 bits per heavy atom. The van der Waals surface area contributed by atoms with E-state index in [9.17, 15) is 0 Å². The molecule has 0 rings (SSSR count). The van der Waals surface area contributed by atoms with Gasteiger partial charge in [0.15, 0.2) is 0 Å². The fourth-order valence-electron chi connectivity index (χ4n) is 0.153. The fourth-order valence-corrected chi connectivity index (χ4v) is 0.153. The highest BCUT2D eigenvalue weighted by Crippen LogP contribution is 1.69. The number of nitrogens with two attached hydrogens (primary N) is 1. The molecule has 0 aliphatic carbocycles. The van der Waals surface area contributed by atoms with Crippen LogP contribution in [0.1, 0.15) is 6.92 Å². The summed E-state index contributed by atoms with van der Waals surface area (Å²) in [6.45, 7) is 1.73. The molecule has 0 amide bonds. The summed E-state index contributed by atoms with van der Waals surface area (Å²) < 4.78 is 0. The molecule has 0 radical (unpaired) electrons. The summed E-state index contributed by atoms with van der Waals surface area (Å²) in [5, 5.41) is 13.6. The van der Waals surface area contributed by atoms with Crippen molar-refractivity contribution in [2.75, 3.05) is 6.54 Å². The lowest BCUT2D eigenvalue weighted by Gasteiger charge is -1.91. The van der Waals surface area contributed by atoms with Crippen LogP contribution >= 0.6 is 0 Å². The van der Waals surface area contributed by atoms with Gasteiger partial charge in [-0.15, -0.1) is 0 Å². The van der Waals surface area contributed by atoms with Crippen LogP contribution in [0.5, 0.6) is 0 Å². The SMILES string of the molecule is CC(=N)C(=N)CN. The summed E-state index contributed by atoms with van der Waals surface area (Å²) in [5.41, 5.74) is 5.47. The van der Waals surface area contributed by atoms with Gasteiger partial charge < -0.3 is 16.6 Å². The molecule has 0 saturated heterocycles. The van der Waals surface area contributed by atoms with Gasteiger partial charge in [0.2, 0.25) is 0 Å². The van der Waals surface area contributed by atoms with E-state index in [0.29, 0.717) is 0 Å². The standard InChI is InChI=1S/C4H9N3/c1-3(6)4(7)2-5/h6-7H,2,5H2,1H3. The first-order valence-electron chi connectivity index (χ1n) is 2.01. The number of nitrogens with one attached hydrogen (secondary N) is 2. The molecule has 0 aromatic heterocycles. The van der Waals surface area contributed by atoms with E-state index >= 15 is 0 Å². The molecule has 0 heterocycles. The number of hydrogen-bond acceptors (Lipinski definition) is 3. The van der Waals surface area contributed by atoms with E-state index in [1.807, 2.05) is 0 Å². The summed E-state index contributed by atoms with van der Waals surface area (Å²) in [7, 11) is 0. The highest BCUT2D eigenvalue weighted by Gasteiger charge is 1.91. The van der Waals surface area contributed by atoms with Crippen LogP contribution in [0.2, 0.25) is 0 Å². The molecule has 7 heavy (non-hydrogen) atoms. The van der Waals surface area contributed by atoms with E-state index in [1.165, 1.54) is 0 Å². The normalized spacial score (nSPS) is 8.29. The van der Waals surface area contributed by atoms with Crippen LogP contribution in [0.3, 0.4) is 0 Å². The van der Waals surface area contributed by atoms with Crippen molar-refractivity contribution in [1.82, 2.24) is 0 Å². The quantitative estimate of drug-likeness (QED) is 0.419. The predicted octanol–water partition coefficient (Wildman–Crippen LogP) is 0.00454. The van der Waals surface area contributed by atoms with Crippen molar-refractivity contribution in [3.8, 4) is 0 Å². The van der Waals surface area contributed by atoms with Crippen molar-refractivity contribution in [2.24, 2.45) is 5.73 Å². The van der Waals surface area contributed by atoms with Crippen molar-refractivity contribution >= 4 is 11.4 Å². The molecule has 0 bridgehead atoms. The third-order valence-electron chi connectivity index (χ3n) is 0.657. The minimum atomic E-state index is 0.176. The van der Waals surface area contributed by atoms with Gasteiger partial charge in [-0.2, -0.15) is 0 Å². The molecular formula is C4H9N3. The zero-order valence-electron chi connectivity index (χ0n) is 4.28. The Bertz CT molecular complexity index is 95.1. The average Bonchev–Trinajstić information content (AvgIpc) is 1.65. The zero-order chi connectivity index (χ0) is 5.86. The molecule has 0 aliphatic heterocycles. The highest BCUT2D eigenvalue weighted by molar-refractivity contribution is 6.39. The van der Waals surface area contributed by atoms with E-state index in [1.54, 1.807) is 6.92 Å². The Kier molecular flexibility index (Phi) is 2.22. The molecule has 0 unspecified atom stereocenters. The lowest BCUT2D eigenvalue weighted by Crippen LogP contribution is -2.18. The largest absolute Gasteiger partial charge is 0.325 e. The lowest BCUT2D eigenvalue weighted by molar-refractivity contribution is 1.28. The van der Waals surface area contributed by atoms with Crippen molar-refractivity contribution in [1.29, 1.82) is 10.8 Å². The van der Waals surface area contributed by atoms with Crippen LogP contribution in [0.4, 0.5) is 0 Å². The van der Waals surface area contributed by atoms with E-state index in [-0.39, 0.29) is 18.0 Å². The smallest absolute Gasteiger partial charge is 0.0654 e. The first-order valence-corrected chi connectivity index (χ1v) is 2.01. The van der Waals surface area contributed by atoms with Crippen LogP contribution in [-0.2, 0) is 0 Å². The summed E-state index contributed by atoms with van der Waals surface area (Å²) in [6.07, 6.45) is 0. The second kappa shape index (κ2) is 2.47. The highest BCUT2D eigenvalue weighted by atomic mass is 14.6. The maximum Gasteiger partial charge on any atom is 0.0654 e. The topological polar surface area (TPSA) is 73.7 Å². The second-order valence-corrected chi connectivity index (χ2v) is 1.31. The van der Waals surface area contributed by atoms with Gasteiger partial charge in [0, 0.05) is 6.54 Å². The lowest BCUT2D eigenvalue weighted by atomic mass is 10.3. The van der Waals surface area contributed by atoms with Gasteiger partial charge in [0.1, 0.15) is 0 Å². The molecule has 3 heteroatoms. The minimum Gasteiger partial charge on any atom is -0.325 e. The van der Waals surface area contributed by atoms with Gasteiger partial charge in [-0.05, 0) is 6.92 Å². The van der Waals surface area contributed by atoms with E-state index < -0.39 is 0 Å². The first kappa shape index (κ1) is 6.30. The summed E-state index contributed by atoms with van der Waals surface area (Å²) in [4.78, 5) is 0. The zero-order valence-corrected chi connectivity index (χ0v) is 4.28. The van der Waals surface area contributed by atoms with Crippen molar-refractivity contribution in [3.63, 3.8) is 0 Å². The maximum absolute atomic E-state index is 6.84. The van der Waals surface area contributed by atoms with Crippen LogP contribution in [0.25, 0.3) is 0 Å². The Labute approximate surface area is 42.5 Å². The Hall–Kier alpha value is -0.700. The average molecular weight is 99.1 g/mol. The van der Waals surface area contributed by atoms with Crippen molar-refractivity contribution in [2.45, 2.75) is 6.92 Å². The molecule has 40 valence electrons. The van der Waals surface area contributed by atoms with Crippen molar-refractivity contribution < 1.29 is 0 Å². The summed E-state index contributed by atoms with van der Waals surface area (Å²) in [5.74, 6) is 0. The molecule has 0 spiro atoms. The molecule has 0 fully saturated rings. The molecule has 0 aliphatic rings. The Balaban J connectivity index is 3.58. The van der Waals surface area contributed by atoms with Gasteiger partial charge in [-0.25, -0.2) is 0 Å². The maximum atomic E-state index is 6.84. The van der Waals surface area contributed by atoms with E-state index in [2.05, 4.69) is 0 Å². The van der Waals surface area contributed by atoms with Gasteiger partial charge in [0.25, 0.3) is 0 Å². The first-order chi connectivity index (χ1) is 3.18. The molecule has 4 N–H and O–H groups in total. The molecule has 0 saturated carbocycles. The van der Waals surface area contributed by atoms with Gasteiger partial charge in [-0.1, -0.05) is 0 Å². The van der Waals surface area contributed by atoms with E-state index in [4.69, 9.17) is 16.6 Å². The monoisotopic (exact) mass is 99.1 g/mol. The molecule has 0 atom stereocenters. The number of hydrogen-bond donors (Lipinski definition) is 3. The summed E-state index contributed by atoms with van der Waals surface area (Å²) in [6, 6.07) is 0. The molecule has 3 nitrogen and oxygen atoms in total. The van der Waals surface area contributed by atoms with E-state index in [0.717, 1.165) is 0 Å². The summed E-state index contributed by atoms with van der Waals surface area (Å²) >= 11 is 0. The fraction of sp³-hybridized carbons (Fsp3) is 0.500. The third-order valence-corrected chi connectivity index (χ3v) is 0.657.